The Balaban J connectivity index is 0.00000400. The fourth-order valence-electron chi connectivity index (χ4n) is 1.93. The average Bonchev–Trinajstić information content (AvgIpc) is 2.38. The largest absolute Gasteiger partial charge is 0.345 e. The van der Waals surface area contributed by atoms with Crippen LogP contribution in [0.5, 0.6) is 0 Å². The van der Waals surface area contributed by atoms with Crippen molar-refractivity contribution in [1.29, 1.82) is 0 Å². The summed E-state index contributed by atoms with van der Waals surface area (Å²) in [6.07, 6.45) is 0.0221. The van der Waals surface area contributed by atoms with Gasteiger partial charge in [0, 0.05) is 25.2 Å². The molecular weight excluding hydrogens is 294 g/mol. The molecule has 6 nitrogen and oxygen atoms in total. The minimum atomic E-state index is -0.466. The van der Waals surface area contributed by atoms with Gasteiger partial charge in [-0.25, -0.2) is 0 Å². The predicted molar refractivity (Wildman–Crippen MR) is 84.5 cm³/mol. The van der Waals surface area contributed by atoms with Gasteiger partial charge in [-0.3, -0.25) is 14.9 Å². The van der Waals surface area contributed by atoms with Crippen molar-refractivity contribution < 1.29 is 9.72 Å². The molecule has 0 bridgehead atoms. The SMILES string of the molecule is CN(CC(C)(C)CN)C(=O)Cc1ccccc1[N+](=O)[O-].Cl. The molecule has 0 unspecified atom stereocenters. The number of benzene rings is 1. The zero-order valence-electron chi connectivity index (χ0n) is 12.5. The van der Waals surface area contributed by atoms with Crippen molar-refractivity contribution in [2.45, 2.75) is 20.3 Å². The monoisotopic (exact) mass is 315 g/mol. The summed E-state index contributed by atoms with van der Waals surface area (Å²) in [6, 6.07) is 6.30. The van der Waals surface area contributed by atoms with Crippen molar-refractivity contribution in [3.8, 4) is 0 Å². The second-order valence-electron chi connectivity index (χ2n) is 5.68. The number of nitro groups is 1. The van der Waals surface area contributed by atoms with Gasteiger partial charge in [0.1, 0.15) is 0 Å². The first-order chi connectivity index (χ1) is 9.26. The molecule has 0 aliphatic rings. The Hall–Kier alpha value is -1.66. The molecule has 0 radical (unpaired) electrons. The van der Waals surface area contributed by atoms with Gasteiger partial charge in [0.25, 0.3) is 5.69 Å². The summed E-state index contributed by atoms with van der Waals surface area (Å²) in [5.74, 6) is -0.152. The van der Waals surface area contributed by atoms with Crippen molar-refractivity contribution in [2.24, 2.45) is 11.1 Å². The summed E-state index contributed by atoms with van der Waals surface area (Å²) in [7, 11) is 1.69. The van der Waals surface area contributed by atoms with Gasteiger partial charge in [-0.15, -0.1) is 12.4 Å². The first-order valence-corrected chi connectivity index (χ1v) is 6.43. The number of carbonyl (C=O) groups is 1. The van der Waals surface area contributed by atoms with Gasteiger partial charge in [0.05, 0.1) is 11.3 Å². The zero-order chi connectivity index (χ0) is 15.3. The summed E-state index contributed by atoms with van der Waals surface area (Å²) in [4.78, 5) is 24.2. The molecule has 0 atom stereocenters. The summed E-state index contributed by atoms with van der Waals surface area (Å²) in [5, 5.41) is 10.9. The summed E-state index contributed by atoms with van der Waals surface area (Å²) < 4.78 is 0. The van der Waals surface area contributed by atoms with Gasteiger partial charge in [-0.05, 0) is 12.0 Å². The van der Waals surface area contributed by atoms with Crippen molar-refractivity contribution in [3.05, 3.63) is 39.9 Å². The van der Waals surface area contributed by atoms with Gasteiger partial charge >= 0.3 is 0 Å². The third-order valence-corrected chi connectivity index (χ3v) is 3.17. The third-order valence-electron chi connectivity index (χ3n) is 3.17. The van der Waals surface area contributed by atoms with Crippen LogP contribution in [0.1, 0.15) is 19.4 Å². The van der Waals surface area contributed by atoms with Crippen LogP contribution >= 0.6 is 12.4 Å². The van der Waals surface area contributed by atoms with E-state index in [1.54, 1.807) is 30.1 Å². The van der Waals surface area contributed by atoms with Gasteiger partial charge in [0.2, 0.25) is 5.91 Å². The highest BCUT2D eigenvalue weighted by molar-refractivity contribution is 5.85. The maximum atomic E-state index is 12.1. The molecule has 1 aromatic carbocycles. The Bertz CT molecular complexity index is 506. The smallest absolute Gasteiger partial charge is 0.273 e. The fraction of sp³-hybridized carbons (Fsp3) is 0.500. The van der Waals surface area contributed by atoms with Crippen LogP contribution in [0.2, 0.25) is 0 Å². The number of para-hydroxylation sites is 1. The van der Waals surface area contributed by atoms with Crippen LogP contribution in [0.4, 0.5) is 5.69 Å². The van der Waals surface area contributed by atoms with E-state index in [4.69, 9.17) is 5.73 Å². The number of nitro benzene ring substituents is 1. The Kier molecular flexibility index (Phi) is 7.32. The molecule has 0 aromatic heterocycles. The predicted octanol–water partition coefficient (Wildman–Crippen LogP) is 2.00. The quantitative estimate of drug-likeness (QED) is 0.642. The topological polar surface area (TPSA) is 89.5 Å². The van der Waals surface area contributed by atoms with Crippen LogP contribution in [0, 0.1) is 15.5 Å². The van der Waals surface area contributed by atoms with Crippen LogP contribution < -0.4 is 5.73 Å². The number of carbonyl (C=O) groups excluding carboxylic acids is 1. The number of likely N-dealkylation sites (N-methyl/N-ethyl adjacent to an activating group) is 1. The minimum Gasteiger partial charge on any atom is -0.345 e. The molecule has 1 amide bonds. The molecule has 1 aromatic rings. The average molecular weight is 316 g/mol. The van der Waals surface area contributed by atoms with E-state index >= 15 is 0 Å². The molecule has 0 saturated carbocycles. The highest BCUT2D eigenvalue weighted by atomic mass is 35.5. The maximum absolute atomic E-state index is 12.1. The van der Waals surface area contributed by atoms with E-state index in [0.717, 1.165) is 0 Å². The Morgan fingerprint density at radius 3 is 2.48 bits per heavy atom. The molecule has 0 fully saturated rings. The van der Waals surface area contributed by atoms with Crippen LogP contribution in [0.25, 0.3) is 0 Å². The lowest BCUT2D eigenvalue weighted by atomic mass is 9.93. The Morgan fingerprint density at radius 2 is 1.95 bits per heavy atom. The van der Waals surface area contributed by atoms with Crippen LogP contribution in [0.3, 0.4) is 0 Å². The number of rotatable bonds is 6. The van der Waals surface area contributed by atoms with E-state index in [9.17, 15) is 14.9 Å². The Labute approximate surface area is 130 Å². The van der Waals surface area contributed by atoms with Crippen molar-refractivity contribution in [1.82, 2.24) is 4.90 Å². The summed E-state index contributed by atoms with van der Waals surface area (Å²) in [6.45, 7) is 4.93. The molecule has 21 heavy (non-hydrogen) atoms. The molecule has 7 heteroatoms. The van der Waals surface area contributed by atoms with Crippen molar-refractivity contribution >= 4 is 24.0 Å². The van der Waals surface area contributed by atoms with Gasteiger partial charge < -0.3 is 10.6 Å². The van der Waals surface area contributed by atoms with Crippen molar-refractivity contribution in [3.63, 3.8) is 0 Å². The second-order valence-corrected chi connectivity index (χ2v) is 5.68. The van der Waals surface area contributed by atoms with Gasteiger partial charge in [0.15, 0.2) is 0 Å². The number of halogens is 1. The molecule has 0 heterocycles. The fourth-order valence-corrected chi connectivity index (χ4v) is 1.93. The lowest BCUT2D eigenvalue weighted by molar-refractivity contribution is -0.385. The summed E-state index contributed by atoms with van der Waals surface area (Å²) >= 11 is 0. The standard InChI is InChI=1S/C14H21N3O3.ClH/c1-14(2,9-15)10-16(3)13(18)8-11-6-4-5-7-12(11)17(19)20;/h4-7H,8-10,15H2,1-3H3;1H. The number of hydrogen-bond acceptors (Lipinski definition) is 4. The molecular formula is C14H22ClN3O3. The summed E-state index contributed by atoms with van der Waals surface area (Å²) in [5.41, 5.74) is 5.88. The lowest BCUT2D eigenvalue weighted by Crippen LogP contribution is -2.40. The van der Waals surface area contributed by atoms with Gasteiger partial charge in [-0.1, -0.05) is 32.0 Å². The molecule has 0 aliphatic heterocycles. The highest BCUT2D eigenvalue weighted by Crippen LogP contribution is 2.20. The van der Waals surface area contributed by atoms with E-state index in [-0.39, 0.29) is 35.8 Å². The lowest BCUT2D eigenvalue weighted by Gasteiger charge is -2.29. The van der Waals surface area contributed by atoms with Crippen LogP contribution in [0.15, 0.2) is 24.3 Å². The molecule has 118 valence electrons. The minimum absolute atomic E-state index is 0. The number of hydrogen-bond donors (Lipinski definition) is 1. The van der Waals surface area contributed by atoms with Crippen molar-refractivity contribution in [2.75, 3.05) is 20.1 Å². The number of nitrogens with two attached hydrogens (primary N) is 1. The second kappa shape index (κ2) is 7.95. The number of nitrogens with zero attached hydrogens (tertiary/aromatic N) is 2. The molecule has 2 N–H and O–H groups in total. The van der Waals surface area contributed by atoms with Crippen LogP contribution in [-0.2, 0) is 11.2 Å². The van der Waals surface area contributed by atoms with E-state index < -0.39 is 4.92 Å². The van der Waals surface area contributed by atoms with E-state index in [2.05, 4.69) is 0 Å². The molecule has 1 rings (SSSR count). The van der Waals surface area contributed by atoms with E-state index in [0.29, 0.717) is 18.7 Å². The Morgan fingerprint density at radius 1 is 1.38 bits per heavy atom. The third kappa shape index (κ3) is 5.69. The molecule has 0 saturated heterocycles. The highest BCUT2D eigenvalue weighted by Gasteiger charge is 2.23. The first kappa shape index (κ1) is 19.3. The van der Waals surface area contributed by atoms with E-state index in [1.807, 2.05) is 13.8 Å². The molecule has 0 aliphatic carbocycles. The van der Waals surface area contributed by atoms with Gasteiger partial charge in [-0.2, -0.15) is 0 Å². The first-order valence-electron chi connectivity index (χ1n) is 6.43. The normalized spacial score (nSPS) is 10.7. The molecule has 0 spiro atoms. The van der Waals surface area contributed by atoms with E-state index in [1.165, 1.54) is 6.07 Å². The van der Waals surface area contributed by atoms with Crippen LogP contribution in [-0.4, -0.2) is 35.9 Å². The maximum Gasteiger partial charge on any atom is 0.273 e. The zero-order valence-corrected chi connectivity index (χ0v) is 13.4. The number of amides is 1.